The van der Waals surface area contributed by atoms with E-state index in [0.29, 0.717) is 37.0 Å². The van der Waals surface area contributed by atoms with Crippen molar-refractivity contribution in [1.82, 2.24) is 14.5 Å². The van der Waals surface area contributed by atoms with Gasteiger partial charge in [-0.3, -0.25) is 4.79 Å². The van der Waals surface area contributed by atoms with E-state index in [1.165, 1.54) is 23.4 Å². The van der Waals surface area contributed by atoms with Crippen LogP contribution in [0.2, 0.25) is 0 Å². The third-order valence-electron chi connectivity index (χ3n) is 4.52. The van der Waals surface area contributed by atoms with E-state index in [-0.39, 0.29) is 16.7 Å². The Labute approximate surface area is 166 Å². The third kappa shape index (κ3) is 3.71. The number of hydrogen-bond acceptors (Lipinski definition) is 7. The molecular weight excluding hydrogens is 400 g/mol. The van der Waals surface area contributed by atoms with Crippen molar-refractivity contribution in [2.75, 3.05) is 18.4 Å². The quantitative estimate of drug-likeness (QED) is 0.683. The van der Waals surface area contributed by atoms with E-state index in [2.05, 4.69) is 15.5 Å². The number of carbonyl (C=O) groups excluding carboxylic acids is 1. The average molecular weight is 419 g/mol. The summed E-state index contributed by atoms with van der Waals surface area (Å²) in [7, 11) is -3.63. The largest absolute Gasteiger partial charge is 0.420 e. The van der Waals surface area contributed by atoms with Gasteiger partial charge in [0.05, 0.1) is 10.8 Å². The second-order valence-electron chi connectivity index (χ2n) is 6.51. The minimum absolute atomic E-state index is 0.131. The van der Waals surface area contributed by atoms with Gasteiger partial charge in [-0.2, -0.15) is 15.6 Å². The minimum atomic E-state index is -3.63. The number of nitrogens with zero attached hydrogens (tertiary/aromatic N) is 3. The number of hydrogen-bond donors (Lipinski definition) is 1. The summed E-state index contributed by atoms with van der Waals surface area (Å²) in [6.45, 7) is 2.08. The molecule has 4 rings (SSSR count). The first-order chi connectivity index (χ1) is 13.4. The number of thiophene rings is 1. The van der Waals surface area contributed by atoms with Crippen LogP contribution in [0.5, 0.6) is 0 Å². The number of nitrogens with one attached hydrogen (secondary N) is 1. The fourth-order valence-corrected chi connectivity index (χ4v) is 5.24. The molecule has 1 saturated heterocycles. The van der Waals surface area contributed by atoms with Gasteiger partial charge in [0.1, 0.15) is 0 Å². The van der Waals surface area contributed by atoms with Gasteiger partial charge in [-0.1, -0.05) is 0 Å². The molecule has 3 heterocycles. The van der Waals surface area contributed by atoms with Gasteiger partial charge in [0, 0.05) is 36.6 Å². The highest BCUT2D eigenvalue weighted by Crippen LogP contribution is 2.32. The molecule has 1 atom stereocenters. The summed E-state index contributed by atoms with van der Waals surface area (Å²) in [4.78, 5) is 11.3. The minimum Gasteiger partial charge on any atom is -0.420 e. The SMILES string of the molecule is CC(=O)Nc1ccc(S(=O)(=O)N2CCC(c3nnc(-c4ccsc4)o3)C2)cc1. The Morgan fingerprint density at radius 2 is 2.04 bits per heavy atom. The van der Waals surface area contributed by atoms with Gasteiger partial charge < -0.3 is 9.73 Å². The van der Waals surface area contributed by atoms with Crippen LogP contribution in [0.15, 0.2) is 50.4 Å². The zero-order valence-corrected chi connectivity index (χ0v) is 16.7. The summed E-state index contributed by atoms with van der Waals surface area (Å²) in [5.74, 6) is 0.568. The van der Waals surface area contributed by atoms with Crippen LogP contribution >= 0.6 is 11.3 Å². The molecule has 1 fully saturated rings. The molecule has 146 valence electrons. The van der Waals surface area contributed by atoms with Crippen LogP contribution in [0.25, 0.3) is 11.5 Å². The Morgan fingerprint density at radius 1 is 1.25 bits per heavy atom. The number of rotatable bonds is 5. The highest BCUT2D eigenvalue weighted by Gasteiger charge is 2.35. The summed E-state index contributed by atoms with van der Waals surface area (Å²) in [6.07, 6.45) is 0.620. The Bertz CT molecular complexity index is 1080. The van der Waals surface area contributed by atoms with Gasteiger partial charge in [-0.25, -0.2) is 8.42 Å². The molecule has 0 saturated carbocycles. The van der Waals surface area contributed by atoms with Crippen molar-refractivity contribution in [2.24, 2.45) is 0 Å². The van der Waals surface area contributed by atoms with E-state index in [9.17, 15) is 13.2 Å². The van der Waals surface area contributed by atoms with Crippen molar-refractivity contribution in [2.45, 2.75) is 24.2 Å². The summed E-state index contributed by atoms with van der Waals surface area (Å²) in [6, 6.07) is 8.04. The van der Waals surface area contributed by atoms with Gasteiger partial charge >= 0.3 is 0 Å². The first-order valence-corrected chi connectivity index (χ1v) is 11.1. The van der Waals surface area contributed by atoms with Crippen LogP contribution in [0.4, 0.5) is 5.69 Å². The number of amides is 1. The number of sulfonamides is 1. The monoisotopic (exact) mass is 418 g/mol. The molecule has 1 aromatic carbocycles. The first-order valence-electron chi connectivity index (χ1n) is 8.67. The molecule has 1 N–H and O–H groups in total. The standard InChI is InChI=1S/C18H18N4O4S2/c1-12(23)19-15-2-4-16(5-3-15)28(24,25)22-8-6-13(10-22)17-20-21-18(26-17)14-7-9-27-11-14/h2-5,7,9,11,13H,6,8,10H2,1H3,(H,19,23). The van der Waals surface area contributed by atoms with Crippen LogP contribution in [-0.4, -0.2) is 41.9 Å². The first kappa shape index (κ1) is 18.8. The van der Waals surface area contributed by atoms with Crippen molar-refractivity contribution in [1.29, 1.82) is 0 Å². The second-order valence-corrected chi connectivity index (χ2v) is 9.23. The van der Waals surface area contributed by atoms with Crippen LogP contribution in [0.1, 0.15) is 25.2 Å². The summed E-state index contributed by atoms with van der Waals surface area (Å²) in [5, 5.41) is 14.7. The van der Waals surface area contributed by atoms with Crippen molar-refractivity contribution in [3.63, 3.8) is 0 Å². The Hall–Kier alpha value is -2.56. The maximum Gasteiger partial charge on any atom is 0.248 e. The van der Waals surface area contributed by atoms with Gasteiger partial charge in [0.2, 0.25) is 27.7 Å². The normalized spacial score (nSPS) is 17.7. The molecular formula is C18H18N4O4S2. The topological polar surface area (TPSA) is 105 Å². The maximum atomic E-state index is 12.9. The lowest BCUT2D eigenvalue weighted by molar-refractivity contribution is -0.114. The molecule has 0 spiro atoms. The van der Waals surface area contributed by atoms with E-state index >= 15 is 0 Å². The van der Waals surface area contributed by atoms with Crippen molar-refractivity contribution < 1.29 is 17.6 Å². The van der Waals surface area contributed by atoms with Crippen LogP contribution in [0, 0.1) is 0 Å². The van der Waals surface area contributed by atoms with Gasteiger partial charge in [-0.05, 0) is 42.1 Å². The average Bonchev–Trinajstić information content (AvgIpc) is 3.40. The lowest BCUT2D eigenvalue weighted by atomic mass is 10.1. The van der Waals surface area contributed by atoms with Crippen LogP contribution < -0.4 is 5.32 Å². The molecule has 2 aromatic heterocycles. The van der Waals surface area contributed by atoms with E-state index in [1.54, 1.807) is 23.5 Å². The predicted molar refractivity (Wildman–Crippen MR) is 104 cm³/mol. The number of anilines is 1. The molecule has 1 unspecified atom stereocenters. The van der Waals surface area contributed by atoms with Crippen LogP contribution in [-0.2, 0) is 14.8 Å². The maximum absolute atomic E-state index is 12.9. The molecule has 3 aromatic rings. The van der Waals surface area contributed by atoms with E-state index < -0.39 is 10.0 Å². The van der Waals surface area contributed by atoms with Crippen LogP contribution in [0.3, 0.4) is 0 Å². The highest BCUT2D eigenvalue weighted by molar-refractivity contribution is 7.89. The third-order valence-corrected chi connectivity index (χ3v) is 7.08. The summed E-state index contributed by atoms with van der Waals surface area (Å²) < 4.78 is 33.0. The molecule has 8 nitrogen and oxygen atoms in total. The predicted octanol–water partition coefficient (Wildman–Crippen LogP) is 2.93. The Balaban J connectivity index is 1.48. The Kier molecular flexibility index (Phi) is 5.00. The highest BCUT2D eigenvalue weighted by atomic mass is 32.2. The fraction of sp³-hybridized carbons (Fsp3) is 0.278. The van der Waals surface area contributed by atoms with E-state index in [1.807, 2.05) is 16.8 Å². The van der Waals surface area contributed by atoms with Crippen molar-refractivity contribution >= 4 is 33.0 Å². The number of carbonyl (C=O) groups is 1. The number of aromatic nitrogens is 2. The molecule has 0 radical (unpaired) electrons. The second kappa shape index (κ2) is 7.46. The van der Waals surface area contributed by atoms with Gasteiger partial charge in [0.15, 0.2) is 0 Å². The molecule has 28 heavy (non-hydrogen) atoms. The zero-order valence-electron chi connectivity index (χ0n) is 15.0. The van der Waals surface area contributed by atoms with Gasteiger partial charge in [0.25, 0.3) is 0 Å². The molecule has 10 heteroatoms. The molecule has 1 aliphatic heterocycles. The Morgan fingerprint density at radius 3 is 2.71 bits per heavy atom. The lowest BCUT2D eigenvalue weighted by Gasteiger charge is -2.16. The number of benzene rings is 1. The summed E-state index contributed by atoms with van der Waals surface area (Å²) >= 11 is 1.54. The molecule has 0 aliphatic carbocycles. The lowest BCUT2D eigenvalue weighted by Crippen LogP contribution is -2.28. The van der Waals surface area contributed by atoms with E-state index in [0.717, 1.165) is 5.56 Å². The summed E-state index contributed by atoms with van der Waals surface area (Å²) in [5.41, 5.74) is 1.42. The molecule has 1 amide bonds. The smallest absolute Gasteiger partial charge is 0.248 e. The van der Waals surface area contributed by atoms with Crippen molar-refractivity contribution in [3.8, 4) is 11.5 Å². The zero-order chi connectivity index (χ0) is 19.7. The van der Waals surface area contributed by atoms with Gasteiger partial charge in [-0.15, -0.1) is 10.2 Å². The fourth-order valence-electron chi connectivity index (χ4n) is 3.11. The van der Waals surface area contributed by atoms with E-state index in [4.69, 9.17) is 4.42 Å². The molecule has 0 bridgehead atoms. The molecule has 1 aliphatic rings. The van der Waals surface area contributed by atoms with Crippen molar-refractivity contribution in [3.05, 3.63) is 47.0 Å².